The van der Waals surface area contributed by atoms with Crippen molar-refractivity contribution in [3.05, 3.63) is 66.2 Å². The van der Waals surface area contributed by atoms with Crippen LogP contribution < -0.4 is 9.64 Å². The number of imidazole rings is 1. The van der Waals surface area contributed by atoms with Crippen molar-refractivity contribution < 1.29 is 23.0 Å². The molecule has 0 saturated carbocycles. The number of aryl methyl sites for hydroxylation is 1. The number of benzene rings is 2. The summed E-state index contributed by atoms with van der Waals surface area (Å²) < 4.78 is 37.8. The smallest absolute Gasteiger partial charge is 0.387 e. The highest BCUT2D eigenvalue weighted by molar-refractivity contribution is 5.82. The first-order valence-electron chi connectivity index (χ1n) is 13.0. The number of anilines is 1. The predicted octanol–water partition coefficient (Wildman–Crippen LogP) is 5.62. The van der Waals surface area contributed by atoms with Gasteiger partial charge in [0.25, 0.3) is 0 Å². The van der Waals surface area contributed by atoms with Crippen molar-refractivity contribution in [2.75, 3.05) is 24.6 Å². The number of nitrogens with zero attached hydrogens (tertiary/aromatic N) is 5. The van der Waals surface area contributed by atoms with Crippen LogP contribution in [0.3, 0.4) is 0 Å². The lowest BCUT2D eigenvalue weighted by molar-refractivity contribution is -0.155. The standard InChI is InChI=1S/C29H31F2N5O3/c1-4-38-26(37)29(3)11-13-35(14-12-29)28-32-16-22(17-33-28)20-9-10-23-24(15-20)36(19(2)34-23)18-21-7-5-6-8-25(21)39-27(30)31/h5-10,15-17,27H,4,11-14,18H2,1-3H3. The van der Waals surface area contributed by atoms with E-state index in [4.69, 9.17) is 9.47 Å². The molecule has 0 aliphatic carbocycles. The van der Waals surface area contributed by atoms with Crippen LogP contribution in [-0.2, 0) is 16.1 Å². The van der Waals surface area contributed by atoms with Crippen LogP contribution in [0.2, 0.25) is 0 Å². The number of alkyl halides is 2. The number of carbonyl (C=O) groups is 1. The van der Waals surface area contributed by atoms with E-state index in [1.54, 1.807) is 36.7 Å². The average Bonchev–Trinajstić information content (AvgIpc) is 3.24. The van der Waals surface area contributed by atoms with E-state index in [0.29, 0.717) is 50.6 Å². The summed E-state index contributed by atoms with van der Waals surface area (Å²) in [6.07, 6.45) is 4.95. The van der Waals surface area contributed by atoms with E-state index in [9.17, 15) is 13.6 Å². The van der Waals surface area contributed by atoms with Crippen molar-refractivity contribution in [1.82, 2.24) is 19.5 Å². The van der Waals surface area contributed by atoms with Crippen molar-refractivity contribution in [2.45, 2.75) is 46.8 Å². The maximum absolute atomic E-state index is 12.9. The zero-order valence-corrected chi connectivity index (χ0v) is 22.2. The molecule has 1 fully saturated rings. The maximum atomic E-state index is 12.9. The number of esters is 1. The van der Waals surface area contributed by atoms with E-state index in [-0.39, 0.29) is 11.7 Å². The number of rotatable bonds is 8. The quantitative estimate of drug-likeness (QED) is 0.271. The third kappa shape index (κ3) is 5.55. The zero-order valence-electron chi connectivity index (χ0n) is 22.2. The number of hydrogen-bond acceptors (Lipinski definition) is 7. The fraction of sp³-hybridized carbons (Fsp3) is 0.379. The molecule has 0 spiro atoms. The summed E-state index contributed by atoms with van der Waals surface area (Å²) in [5.74, 6) is 1.40. The summed E-state index contributed by atoms with van der Waals surface area (Å²) in [5.41, 5.74) is 3.60. The van der Waals surface area contributed by atoms with Crippen LogP contribution in [0.4, 0.5) is 14.7 Å². The Morgan fingerprint density at radius 1 is 1.08 bits per heavy atom. The molecular weight excluding hydrogens is 504 g/mol. The van der Waals surface area contributed by atoms with Gasteiger partial charge in [-0.05, 0) is 57.4 Å². The molecule has 1 aliphatic heterocycles. The molecule has 8 nitrogen and oxygen atoms in total. The Kier molecular flexibility index (Phi) is 7.45. The van der Waals surface area contributed by atoms with Crippen LogP contribution in [0.5, 0.6) is 5.75 Å². The molecule has 1 aliphatic rings. The Morgan fingerprint density at radius 3 is 2.49 bits per heavy atom. The molecular formula is C29H31F2N5O3. The first-order chi connectivity index (χ1) is 18.8. The molecule has 2 aromatic carbocycles. The number of para-hydroxylation sites is 1. The van der Waals surface area contributed by atoms with Crippen LogP contribution in [-0.4, -0.2) is 51.8 Å². The Labute approximate surface area is 225 Å². The van der Waals surface area contributed by atoms with E-state index in [1.807, 2.05) is 43.5 Å². The molecule has 10 heteroatoms. The van der Waals surface area contributed by atoms with Gasteiger partial charge in [-0.15, -0.1) is 0 Å². The van der Waals surface area contributed by atoms with Gasteiger partial charge in [0.15, 0.2) is 0 Å². The highest BCUT2D eigenvalue weighted by atomic mass is 19.3. The lowest BCUT2D eigenvalue weighted by Gasteiger charge is -2.37. The van der Waals surface area contributed by atoms with E-state index in [1.165, 1.54) is 0 Å². The molecule has 1 saturated heterocycles. The summed E-state index contributed by atoms with van der Waals surface area (Å²) in [4.78, 5) is 28.3. The number of fused-ring (bicyclic) bond motifs is 1. The molecule has 2 aromatic heterocycles. The number of ether oxygens (including phenoxy) is 2. The molecule has 0 atom stereocenters. The summed E-state index contributed by atoms with van der Waals surface area (Å²) in [7, 11) is 0. The van der Waals surface area contributed by atoms with Gasteiger partial charge in [-0.25, -0.2) is 15.0 Å². The fourth-order valence-corrected chi connectivity index (χ4v) is 4.98. The largest absolute Gasteiger partial charge is 0.466 e. The van der Waals surface area contributed by atoms with Gasteiger partial charge in [0, 0.05) is 36.6 Å². The third-order valence-electron chi connectivity index (χ3n) is 7.35. The molecule has 4 aromatic rings. The second-order valence-corrected chi connectivity index (χ2v) is 9.97. The van der Waals surface area contributed by atoms with Gasteiger partial charge in [0.05, 0.1) is 29.6 Å². The summed E-state index contributed by atoms with van der Waals surface area (Å²) >= 11 is 0. The highest BCUT2D eigenvalue weighted by Crippen LogP contribution is 2.34. The minimum atomic E-state index is -2.90. The van der Waals surface area contributed by atoms with E-state index < -0.39 is 12.0 Å². The number of piperidine rings is 1. The summed E-state index contributed by atoms with van der Waals surface area (Å²) in [6, 6.07) is 12.7. The molecule has 0 N–H and O–H groups in total. The minimum Gasteiger partial charge on any atom is -0.466 e. The lowest BCUT2D eigenvalue weighted by Crippen LogP contribution is -2.44. The number of carbonyl (C=O) groups excluding carboxylic acids is 1. The van der Waals surface area contributed by atoms with Gasteiger partial charge in [0.2, 0.25) is 5.95 Å². The van der Waals surface area contributed by atoms with Gasteiger partial charge in [0.1, 0.15) is 11.6 Å². The molecule has 39 heavy (non-hydrogen) atoms. The summed E-state index contributed by atoms with van der Waals surface area (Å²) in [5, 5.41) is 0. The van der Waals surface area contributed by atoms with Gasteiger partial charge in [-0.1, -0.05) is 24.3 Å². The second kappa shape index (κ2) is 11.0. The van der Waals surface area contributed by atoms with Crippen molar-refractivity contribution >= 4 is 23.0 Å². The van der Waals surface area contributed by atoms with Crippen LogP contribution in [0.25, 0.3) is 22.2 Å². The number of aromatic nitrogens is 4. The third-order valence-corrected chi connectivity index (χ3v) is 7.35. The van der Waals surface area contributed by atoms with Crippen molar-refractivity contribution in [1.29, 1.82) is 0 Å². The molecule has 0 unspecified atom stereocenters. The van der Waals surface area contributed by atoms with Crippen molar-refractivity contribution in [3.8, 4) is 16.9 Å². The lowest BCUT2D eigenvalue weighted by atomic mass is 9.80. The van der Waals surface area contributed by atoms with E-state index >= 15 is 0 Å². The van der Waals surface area contributed by atoms with Gasteiger partial charge < -0.3 is 18.9 Å². The zero-order chi connectivity index (χ0) is 27.6. The Bertz CT molecular complexity index is 1460. The van der Waals surface area contributed by atoms with Gasteiger partial charge in [-0.2, -0.15) is 8.78 Å². The second-order valence-electron chi connectivity index (χ2n) is 9.97. The minimum absolute atomic E-state index is 0.143. The average molecular weight is 536 g/mol. The molecule has 0 radical (unpaired) electrons. The normalized spacial score (nSPS) is 15.1. The topological polar surface area (TPSA) is 82.4 Å². The van der Waals surface area contributed by atoms with Crippen LogP contribution in [0, 0.1) is 12.3 Å². The Balaban J connectivity index is 1.35. The molecule has 204 valence electrons. The monoisotopic (exact) mass is 535 g/mol. The SMILES string of the molecule is CCOC(=O)C1(C)CCN(c2ncc(-c3ccc4nc(C)n(Cc5ccccc5OC(F)F)c4c3)cn2)CC1. The van der Waals surface area contributed by atoms with E-state index in [0.717, 1.165) is 28.0 Å². The van der Waals surface area contributed by atoms with Gasteiger partial charge >= 0.3 is 12.6 Å². The fourth-order valence-electron chi connectivity index (χ4n) is 4.98. The first kappa shape index (κ1) is 26.5. The maximum Gasteiger partial charge on any atom is 0.387 e. The number of halogens is 2. The molecule has 3 heterocycles. The Morgan fingerprint density at radius 2 is 1.79 bits per heavy atom. The predicted molar refractivity (Wildman–Crippen MR) is 144 cm³/mol. The van der Waals surface area contributed by atoms with Crippen molar-refractivity contribution in [2.24, 2.45) is 5.41 Å². The van der Waals surface area contributed by atoms with Gasteiger partial charge in [-0.3, -0.25) is 4.79 Å². The van der Waals surface area contributed by atoms with Crippen molar-refractivity contribution in [3.63, 3.8) is 0 Å². The first-order valence-corrected chi connectivity index (χ1v) is 13.0. The highest BCUT2D eigenvalue weighted by Gasteiger charge is 2.38. The molecule has 0 amide bonds. The molecule has 0 bridgehead atoms. The van der Waals surface area contributed by atoms with Crippen LogP contribution >= 0.6 is 0 Å². The molecule has 5 rings (SSSR count). The van der Waals surface area contributed by atoms with E-state index in [2.05, 4.69) is 19.9 Å². The Hall–Kier alpha value is -4.08. The number of hydrogen-bond donors (Lipinski definition) is 0. The van der Waals surface area contributed by atoms with Crippen LogP contribution in [0.15, 0.2) is 54.9 Å². The summed E-state index contributed by atoms with van der Waals surface area (Å²) in [6.45, 7) is 4.85. The van der Waals surface area contributed by atoms with Crippen LogP contribution in [0.1, 0.15) is 38.1 Å².